The molecule has 0 bridgehead atoms. The van der Waals surface area contributed by atoms with Gasteiger partial charge < -0.3 is 9.64 Å². The second-order valence-electron chi connectivity index (χ2n) is 5.20. The Kier molecular flexibility index (Phi) is 6.75. The van der Waals surface area contributed by atoms with E-state index in [0.717, 1.165) is 0 Å². The van der Waals surface area contributed by atoms with E-state index < -0.39 is 27.7 Å². The van der Waals surface area contributed by atoms with Crippen LogP contribution in [0, 0.1) is 0 Å². The minimum Gasteiger partial charge on any atom is -0.460 e. The first-order chi connectivity index (χ1) is 12.4. The molecule has 0 aliphatic carbocycles. The summed E-state index contributed by atoms with van der Waals surface area (Å²) in [6.45, 7) is -0.447. The van der Waals surface area contributed by atoms with Gasteiger partial charge in [-0.25, -0.2) is 4.79 Å². The molecule has 0 radical (unpaired) electrons. The number of nitrogens with zero attached hydrogens (tertiary/aromatic N) is 3. The molecule has 138 valence electrons. The monoisotopic (exact) mass is 379 g/mol. The highest BCUT2D eigenvalue weighted by Crippen LogP contribution is 2.05. The first kappa shape index (κ1) is 19.5. The second-order valence-corrected chi connectivity index (χ2v) is 6.77. The van der Waals surface area contributed by atoms with E-state index in [9.17, 15) is 18.0 Å². The van der Waals surface area contributed by atoms with Crippen LogP contribution in [0.5, 0.6) is 0 Å². The molecule has 0 atom stereocenters. The highest BCUT2D eigenvalue weighted by molar-refractivity contribution is 7.85. The molecular formula is C16H17N3O6S. The Morgan fingerprint density at radius 2 is 1.65 bits per heavy atom. The lowest BCUT2D eigenvalue weighted by atomic mass is 10.2. The number of ether oxygens (including phenoxy) is 1. The van der Waals surface area contributed by atoms with Gasteiger partial charge in [0, 0.05) is 31.3 Å². The fraction of sp³-hybridized carbons (Fsp3) is 0.250. The Morgan fingerprint density at radius 3 is 2.19 bits per heavy atom. The standard InChI is InChI=1S/C16H17N3O6S/c20-15(13-3-1-5-17-11-13)19(8-10-26(22,23)24)7-9-25-16(21)14-4-2-6-18-12-14/h1-6,11-12H,7-10H2,(H,22,23,24). The molecule has 9 nitrogen and oxygen atoms in total. The molecule has 0 aliphatic heterocycles. The third kappa shape index (κ3) is 6.22. The van der Waals surface area contributed by atoms with Gasteiger partial charge in [0.2, 0.25) is 0 Å². The van der Waals surface area contributed by atoms with Crippen LogP contribution in [0.25, 0.3) is 0 Å². The molecule has 2 rings (SSSR count). The van der Waals surface area contributed by atoms with Gasteiger partial charge in [-0.2, -0.15) is 8.42 Å². The Hall–Kier alpha value is -2.85. The van der Waals surface area contributed by atoms with Crippen LogP contribution in [0.1, 0.15) is 20.7 Å². The van der Waals surface area contributed by atoms with E-state index in [1.165, 1.54) is 41.8 Å². The van der Waals surface area contributed by atoms with Gasteiger partial charge in [-0.3, -0.25) is 19.3 Å². The minimum atomic E-state index is -4.24. The summed E-state index contributed by atoms with van der Waals surface area (Å²) >= 11 is 0. The first-order valence-electron chi connectivity index (χ1n) is 7.58. The molecule has 2 aromatic heterocycles. The van der Waals surface area contributed by atoms with Crippen molar-refractivity contribution in [2.75, 3.05) is 25.4 Å². The predicted molar refractivity (Wildman–Crippen MR) is 91.1 cm³/mol. The third-order valence-electron chi connectivity index (χ3n) is 3.31. The number of aromatic nitrogens is 2. The third-order valence-corrected chi connectivity index (χ3v) is 4.00. The number of pyridine rings is 2. The quantitative estimate of drug-likeness (QED) is 0.524. The normalized spacial score (nSPS) is 11.0. The van der Waals surface area contributed by atoms with Crippen LogP contribution >= 0.6 is 0 Å². The van der Waals surface area contributed by atoms with Crippen molar-refractivity contribution in [1.29, 1.82) is 0 Å². The number of esters is 1. The SMILES string of the molecule is O=C(OCCN(CCS(=O)(=O)O)C(=O)c1cccnc1)c1cccnc1. The molecule has 1 N–H and O–H groups in total. The number of rotatable bonds is 8. The maximum Gasteiger partial charge on any atom is 0.339 e. The molecule has 0 aliphatic rings. The summed E-state index contributed by atoms with van der Waals surface area (Å²) in [5.41, 5.74) is 0.511. The smallest absolute Gasteiger partial charge is 0.339 e. The largest absolute Gasteiger partial charge is 0.460 e. The van der Waals surface area contributed by atoms with E-state index in [1.807, 2.05) is 0 Å². The Bertz CT molecular complexity index is 843. The molecule has 10 heteroatoms. The molecule has 0 saturated heterocycles. The van der Waals surface area contributed by atoms with E-state index in [4.69, 9.17) is 9.29 Å². The number of hydrogen-bond donors (Lipinski definition) is 1. The van der Waals surface area contributed by atoms with Crippen LogP contribution < -0.4 is 0 Å². The van der Waals surface area contributed by atoms with E-state index in [2.05, 4.69) is 9.97 Å². The van der Waals surface area contributed by atoms with Gasteiger partial charge in [-0.05, 0) is 24.3 Å². The number of carbonyl (C=O) groups excluding carboxylic acids is 2. The van der Waals surface area contributed by atoms with Gasteiger partial charge in [0.25, 0.3) is 16.0 Å². The first-order valence-corrected chi connectivity index (χ1v) is 9.19. The molecule has 2 heterocycles. The van der Waals surface area contributed by atoms with Crippen molar-refractivity contribution < 1.29 is 27.3 Å². The van der Waals surface area contributed by atoms with Crippen molar-refractivity contribution in [3.63, 3.8) is 0 Å². The summed E-state index contributed by atoms with van der Waals surface area (Å²) in [5.74, 6) is -1.73. The van der Waals surface area contributed by atoms with E-state index >= 15 is 0 Å². The molecule has 0 aromatic carbocycles. The maximum atomic E-state index is 12.5. The van der Waals surface area contributed by atoms with Crippen LogP contribution in [-0.2, 0) is 14.9 Å². The molecule has 26 heavy (non-hydrogen) atoms. The van der Waals surface area contributed by atoms with Crippen molar-refractivity contribution in [2.45, 2.75) is 0 Å². The lowest BCUT2D eigenvalue weighted by Gasteiger charge is -2.22. The number of amides is 1. The lowest BCUT2D eigenvalue weighted by Crippen LogP contribution is -2.38. The highest BCUT2D eigenvalue weighted by atomic mass is 32.2. The minimum absolute atomic E-state index is 0.0464. The molecule has 0 fully saturated rings. The molecule has 0 spiro atoms. The molecule has 2 aromatic rings. The average Bonchev–Trinajstić information content (AvgIpc) is 2.64. The van der Waals surface area contributed by atoms with Gasteiger partial charge in [0.1, 0.15) is 6.61 Å². The van der Waals surface area contributed by atoms with E-state index in [-0.39, 0.29) is 30.8 Å². The fourth-order valence-electron chi connectivity index (χ4n) is 2.03. The maximum absolute atomic E-state index is 12.5. The van der Waals surface area contributed by atoms with Gasteiger partial charge in [-0.1, -0.05) is 0 Å². The van der Waals surface area contributed by atoms with Crippen LogP contribution in [0.4, 0.5) is 0 Å². The zero-order valence-electron chi connectivity index (χ0n) is 13.7. The Balaban J connectivity index is 1.99. The highest BCUT2D eigenvalue weighted by Gasteiger charge is 2.19. The van der Waals surface area contributed by atoms with Gasteiger partial charge in [-0.15, -0.1) is 0 Å². The summed E-state index contributed by atoms with van der Waals surface area (Å²) < 4.78 is 35.9. The van der Waals surface area contributed by atoms with Crippen LogP contribution in [0.3, 0.4) is 0 Å². The van der Waals surface area contributed by atoms with Crippen molar-refractivity contribution in [3.8, 4) is 0 Å². The molecule has 0 unspecified atom stereocenters. The topological polar surface area (TPSA) is 127 Å². The summed E-state index contributed by atoms with van der Waals surface area (Å²) in [4.78, 5) is 33.2. The summed E-state index contributed by atoms with van der Waals surface area (Å²) in [7, 11) is -4.24. The van der Waals surface area contributed by atoms with Crippen molar-refractivity contribution in [1.82, 2.24) is 14.9 Å². The van der Waals surface area contributed by atoms with Gasteiger partial charge in [0.05, 0.1) is 23.4 Å². The zero-order valence-corrected chi connectivity index (χ0v) is 14.5. The van der Waals surface area contributed by atoms with Gasteiger partial charge in [0.15, 0.2) is 0 Å². The lowest BCUT2D eigenvalue weighted by molar-refractivity contribution is 0.0438. The number of hydrogen-bond acceptors (Lipinski definition) is 7. The van der Waals surface area contributed by atoms with E-state index in [0.29, 0.717) is 0 Å². The predicted octanol–water partition coefficient (Wildman–Crippen LogP) is 0.664. The second kappa shape index (κ2) is 9.02. The Labute approximate surface area is 150 Å². The van der Waals surface area contributed by atoms with Crippen LogP contribution in [-0.4, -0.2) is 65.2 Å². The van der Waals surface area contributed by atoms with Crippen LogP contribution in [0.2, 0.25) is 0 Å². The van der Waals surface area contributed by atoms with Crippen molar-refractivity contribution >= 4 is 22.0 Å². The molecular weight excluding hydrogens is 362 g/mol. The summed E-state index contributed by atoms with van der Waals surface area (Å²) in [6.07, 6.45) is 5.69. The molecule has 1 amide bonds. The summed E-state index contributed by atoms with van der Waals surface area (Å²) in [5, 5.41) is 0. The van der Waals surface area contributed by atoms with Crippen LogP contribution in [0.15, 0.2) is 49.1 Å². The van der Waals surface area contributed by atoms with Gasteiger partial charge >= 0.3 is 5.97 Å². The fourth-order valence-corrected chi connectivity index (χ4v) is 2.48. The van der Waals surface area contributed by atoms with E-state index in [1.54, 1.807) is 12.1 Å². The average molecular weight is 379 g/mol. The zero-order chi connectivity index (χ0) is 19.0. The number of carbonyl (C=O) groups is 2. The Morgan fingerprint density at radius 1 is 1.04 bits per heavy atom. The summed E-state index contributed by atoms with van der Waals surface area (Å²) in [6, 6.07) is 6.21. The molecule has 0 saturated carbocycles. The van der Waals surface area contributed by atoms with Crippen molar-refractivity contribution in [3.05, 3.63) is 60.2 Å². The van der Waals surface area contributed by atoms with Crippen molar-refractivity contribution in [2.24, 2.45) is 0 Å².